The van der Waals surface area contributed by atoms with Crippen molar-refractivity contribution in [1.29, 1.82) is 0 Å². The molecule has 106 valence electrons. The predicted molar refractivity (Wildman–Crippen MR) is 83.3 cm³/mol. The Morgan fingerprint density at radius 2 is 2.15 bits per heavy atom. The number of aryl methyl sites for hydroxylation is 1. The number of hydrogen-bond donors (Lipinski definition) is 1. The molecule has 2 aromatic rings. The number of unbranched alkanes of at least 4 members (excludes halogenated alkanes) is 1. The summed E-state index contributed by atoms with van der Waals surface area (Å²) < 4.78 is 2.42. The van der Waals surface area contributed by atoms with Gasteiger partial charge in [0.15, 0.2) is 0 Å². The van der Waals surface area contributed by atoms with Crippen LogP contribution in [0.2, 0.25) is 0 Å². The number of hydrogen-bond acceptors (Lipinski definition) is 2. The highest BCUT2D eigenvalue weighted by atomic mass is 32.2. The van der Waals surface area contributed by atoms with Crippen LogP contribution in [0.5, 0.6) is 0 Å². The molecule has 1 aromatic heterocycles. The maximum atomic E-state index is 10.6. The van der Waals surface area contributed by atoms with Gasteiger partial charge in [0.1, 0.15) is 0 Å². The van der Waals surface area contributed by atoms with E-state index < -0.39 is 5.97 Å². The quantitative estimate of drug-likeness (QED) is 0.854. The zero-order chi connectivity index (χ0) is 13.9. The van der Waals surface area contributed by atoms with Crippen molar-refractivity contribution in [1.82, 2.24) is 4.57 Å². The van der Waals surface area contributed by atoms with Crippen LogP contribution in [0, 0.1) is 0 Å². The van der Waals surface area contributed by atoms with E-state index in [2.05, 4.69) is 28.8 Å². The fourth-order valence-electron chi connectivity index (χ4n) is 3.02. The average molecular weight is 289 g/mol. The fraction of sp³-hybridized carbons (Fsp3) is 0.438. The van der Waals surface area contributed by atoms with Crippen LogP contribution in [0.1, 0.15) is 30.5 Å². The molecule has 3 nitrogen and oxygen atoms in total. The van der Waals surface area contributed by atoms with Gasteiger partial charge >= 0.3 is 5.97 Å². The number of carbonyl (C=O) groups is 1. The first-order chi connectivity index (χ1) is 9.77. The minimum absolute atomic E-state index is 0.275. The van der Waals surface area contributed by atoms with Crippen molar-refractivity contribution >= 4 is 28.6 Å². The third kappa shape index (κ3) is 2.57. The molecule has 0 atom stereocenters. The normalized spacial score (nSPS) is 14.4. The Balaban J connectivity index is 1.87. The molecular formula is C16H19NO2S. The predicted octanol–water partition coefficient (Wildman–Crippen LogP) is 3.69. The lowest BCUT2D eigenvalue weighted by Crippen LogP contribution is -2.09. The summed E-state index contributed by atoms with van der Waals surface area (Å²) in [5.41, 5.74) is 4.28. The maximum Gasteiger partial charge on any atom is 0.303 e. The first-order valence-corrected chi connectivity index (χ1v) is 8.31. The first kappa shape index (κ1) is 13.6. The molecule has 0 fully saturated rings. The van der Waals surface area contributed by atoms with Gasteiger partial charge in [-0.15, -0.1) is 0 Å². The summed E-state index contributed by atoms with van der Waals surface area (Å²) in [6.45, 7) is 0.938. The van der Waals surface area contributed by atoms with Crippen LogP contribution in [-0.2, 0) is 23.5 Å². The van der Waals surface area contributed by atoms with Gasteiger partial charge in [-0.3, -0.25) is 4.79 Å². The van der Waals surface area contributed by atoms with Crippen molar-refractivity contribution in [2.24, 2.45) is 0 Å². The molecule has 0 amide bonds. The first-order valence-electron chi connectivity index (χ1n) is 7.16. The zero-order valence-corrected chi connectivity index (χ0v) is 12.3. The number of thioether (sulfide) groups is 1. The van der Waals surface area contributed by atoms with E-state index in [0.717, 1.165) is 31.6 Å². The van der Waals surface area contributed by atoms with Crippen LogP contribution >= 0.6 is 11.8 Å². The van der Waals surface area contributed by atoms with E-state index >= 15 is 0 Å². The third-order valence-corrected chi connectivity index (χ3v) is 4.93. The van der Waals surface area contributed by atoms with Crippen LogP contribution in [0.15, 0.2) is 24.3 Å². The second-order valence-corrected chi connectivity index (χ2v) is 6.35. The molecule has 0 radical (unpaired) electrons. The van der Waals surface area contributed by atoms with Gasteiger partial charge < -0.3 is 9.67 Å². The molecule has 0 unspecified atom stereocenters. The topological polar surface area (TPSA) is 42.2 Å². The van der Waals surface area contributed by atoms with Gasteiger partial charge in [0.2, 0.25) is 0 Å². The molecule has 1 aliphatic heterocycles. The van der Waals surface area contributed by atoms with Crippen LogP contribution in [-0.4, -0.2) is 21.4 Å². The standard InChI is InChI=1S/C16H19NO2S/c18-16(19)7-3-4-9-17-14-6-2-1-5-12(14)13-11-20-10-8-15(13)17/h1-2,5-6H,3-4,7-11H2,(H,18,19). The van der Waals surface area contributed by atoms with Crippen molar-refractivity contribution in [3.05, 3.63) is 35.5 Å². The molecule has 1 N–H and O–H groups in total. The third-order valence-electron chi connectivity index (χ3n) is 3.95. The largest absolute Gasteiger partial charge is 0.481 e. The van der Waals surface area contributed by atoms with Crippen molar-refractivity contribution in [3.8, 4) is 0 Å². The van der Waals surface area contributed by atoms with Gasteiger partial charge in [-0.05, 0) is 36.6 Å². The summed E-state index contributed by atoms with van der Waals surface area (Å²) in [6.07, 6.45) is 3.10. The van der Waals surface area contributed by atoms with Crippen LogP contribution in [0.25, 0.3) is 10.9 Å². The number of nitrogens with zero attached hydrogens (tertiary/aromatic N) is 1. The molecule has 0 aliphatic carbocycles. The summed E-state index contributed by atoms with van der Waals surface area (Å²) in [7, 11) is 0. The van der Waals surface area contributed by atoms with E-state index in [1.807, 2.05) is 11.8 Å². The van der Waals surface area contributed by atoms with Crippen molar-refractivity contribution in [2.75, 3.05) is 5.75 Å². The van der Waals surface area contributed by atoms with Crippen LogP contribution < -0.4 is 0 Å². The van der Waals surface area contributed by atoms with E-state index in [-0.39, 0.29) is 6.42 Å². The van der Waals surface area contributed by atoms with Crippen LogP contribution in [0.3, 0.4) is 0 Å². The fourth-order valence-corrected chi connectivity index (χ4v) is 4.03. The monoisotopic (exact) mass is 289 g/mol. The highest BCUT2D eigenvalue weighted by Crippen LogP contribution is 2.34. The Morgan fingerprint density at radius 1 is 1.30 bits per heavy atom. The Kier molecular flexibility index (Phi) is 4.01. The molecule has 20 heavy (non-hydrogen) atoms. The smallest absolute Gasteiger partial charge is 0.303 e. The van der Waals surface area contributed by atoms with E-state index in [1.165, 1.54) is 27.9 Å². The Labute approximate surface area is 123 Å². The lowest BCUT2D eigenvalue weighted by atomic mass is 10.1. The van der Waals surface area contributed by atoms with E-state index in [4.69, 9.17) is 5.11 Å². The van der Waals surface area contributed by atoms with Gasteiger partial charge in [0.25, 0.3) is 0 Å². The van der Waals surface area contributed by atoms with Gasteiger partial charge in [-0.2, -0.15) is 11.8 Å². The number of carboxylic acids is 1. The van der Waals surface area contributed by atoms with Crippen molar-refractivity contribution in [2.45, 2.75) is 38.0 Å². The molecular weight excluding hydrogens is 270 g/mol. The molecule has 0 bridgehead atoms. The van der Waals surface area contributed by atoms with Gasteiger partial charge in [0, 0.05) is 35.3 Å². The highest BCUT2D eigenvalue weighted by Gasteiger charge is 2.19. The molecule has 1 aliphatic rings. The summed E-state index contributed by atoms with van der Waals surface area (Å²) in [6, 6.07) is 8.61. The van der Waals surface area contributed by atoms with Gasteiger partial charge in [-0.25, -0.2) is 0 Å². The average Bonchev–Trinajstić information content (AvgIpc) is 2.78. The molecule has 2 heterocycles. The van der Waals surface area contributed by atoms with Gasteiger partial charge in [0.05, 0.1) is 0 Å². The number of carboxylic acid groups (broad SMARTS) is 1. The number of aliphatic carboxylic acids is 1. The second kappa shape index (κ2) is 5.92. The summed E-state index contributed by atoms with van der Waals surface area (Å²) in [4.78, 5) is 10.6. The zero-order valence-electron chi connectivity index (χ0n) is 11.5. The number of fused-ring (bicyclic) bond motifs is 3. The minimum atomic E-state index is -0.694. The number of para-hydroxylation sites is 1. The SMILES string of the molecule is O=C(O)CCCCn1c2c(c3ccccc31)CSCC2. The van der Waals surface area contributed by atoms with Gasteiger partial charge in [-0.1, -0.05) is 18.2 Å². The Hall–Kier alpha value is -1.42. The van der Waals surface area contributed by atoms with Crippen LogP contribution in [0.4, 0.5) is 0 Å². The Morgan fingerprint density at radius 3 is 3.00 bits per heavy atom. The molecule has 0 saturated heterocycles. The number of benzene rings is 1. The van der Waals surface area contributed by atoms with Crippen molar-refractivity contribution in [3.63, 3.8) is 0 Å². The molecule has 1 aromatic carbocycles. The lowest BCUT2D eigenvalue weighted by Gasteiger charge is -2.15. The maximum absolute atomic E-state index is 10.6. The molecule has 3 rings (SSSR count). The minimum Gasteiger partial charge on any atom is -0.481 e. The summed E-state index contributed by atoms with van der Waals surface area (Å²) in [5.74, 6) is 1.61. The lowest BCUT2D eigenvalue weighted by molar-refractivity contribution is -0.137. The molecule has 4 heteroatoms. The molecule has 0 spiro atoms. The second-order valence-electron chi connectivity index (χ2n) is 5.25. The Bertz CT molecular complexity index is 633. The van der Waals surface area contributed by atoms with E-state index in [1.54, 1.807) is 0 Å². The van der Waals surface area contributed by atoms with E-state index in [0.29, 0.717) is 0 Å². The summed E-state index contributed by atoms with van der Waals surface area (Å²) >= 11 is 2.01. The summed E-state index contributed by atoms with van der Waals surface area (Å²) in [5, 5.41) is 10.1. The highest BCUT2D eigenvalue weighted by molar-refractivity contribution is 7.98. The van der Waals surface area contributed by atoms with Crippen molar-refractivity contribution < 1.29 is 9.90 Å². The number of rotatable bonds is 5. The number of aromatic nitrogens is 1. The van der Waals surface area contributed by atoms with E-state index in [9.17, 15) is 4.79 Å². The molecule has 0 saturated carbocycles.